The highest BCUT2D eigenvalue weighted by Gasteiger charge is 2.26. The smallest absolute Gasteiger partial charge is 0.242 e. The van der Waals surface area contributed by atoms with Gasteiger partial charge in [-0.3, -0.25) is 14.4 Å². The average Bonchev–Trinajstić information content (AvgIpc) is 2.82. The van der Waals surface area contributed by atoms with Gasteiger partial charge in [-0.2, -0.15) is 0 Å². The molecule has 0 aliphatic carbocycles. The molecule has 3 amide bonds. The Morgan fingerprint density at radius 1 is 1.06 bits per heavy atom. The first-order chi connectivity index (χ1) is 15.3. The zero-order chi connectivity index (χ0) is 24.9. The lowest BCUT2D eigenvalue weighted by atomic mass is 10.0. The zero-order valence-electron chi connectivity index (χ0n) is 21.2. The zero-order valence-corrected chi connectivity index (χ0v) is 21.2. The fraction of sp³-hybridized carbons (Fsp3) is 0.640. The van der Waals surface area contributed by atoms with E-state index in [1.54, 1.807) is 11.8 Å². The highest BCUT2D eigenvalue weighted by atomic mass is 16.2. The van der Waals surface area contributed by atoms with Crippen molar-refractivity contribution < 1.29 is 14.4 Å². The molecule has 2 unspecified atom stereocenters. The van der Waals surface area contributed by atoms with Gasteiger partial charge in [0.15, 0.2) is 0 Å². The predicted molar refractivity (Wildman–Crippen MR) is 133 cm³/mol. The SMILES string of the molecule is CC.CCC(=O)NC(C)CCC(CC)N(C=O)[C@@H](C)C(=O)NCc1ccccc1.CCN. The molecule has 4 N–H and O–H groups in total. The highest BCUT2D eigenvalue weighted by Crippen LogP contribution is 2.15. The number of amides is 3. The number of carbonyl (C=O) groups excluding carboxylic acids is 3. The van der Waals surface area contributed by atoms with Crippen molar-refractivity contribution in [2.45, 2.75) is 98.8 Å². The molecule has 0 heterocycles. The lowest BCUT2D eigenvalue weighted by molar-refractivity contribution is -0.134. The largest absolute Gasteiger partial charge is 0.354 e. The number of nitrogens with one attached hydrogen (secondary N) is 2. The van der Waals surface area contributed by atoms with E-state index in [1.807, 2.05) is 71.9 Å². The van der Waals surface area contributed by atoms with Gasteiger partial charge in [0, 0.05) is 25.0 Å². The van der Waals surface area contributed by atoms with Crippen molar-refractivity contribution in [3.63, 3.8) is 0 Å². The van der Waals surface area contributed by atoms with Crippen molar-refractivity contribution in [3.8, 4) is 0 Å². The summed E-state index contributed by atoms with van der Waals surface area (Å²) in [6.07, 6.45) is 3.46. The number of rotatable bonds is 12. The minimum absolute atomic E-state index is 0.0245. The maximum Gasteiger partial charge on any atom is 0.242 e. The van der Waals surface area contributed by atoms with Crippen LogP contribution in [0, 0.1) is 0 Å². The van der Waals surface area contributed by atoms with Gasteiger partial charge in [0.25, 0.3) is 0 Å². The van der Waals surface area contributed by atoms with Crippen LogP contribution in [-0.2, 0) is 20.9 Å². The first-order valence-electron chi connectivity index (χ1n) is 11.9. The van der Waals surface area contributed by atoms with Gasteiger partial charge >= 0.3 is 0 Å². The summed E-state index contributed by atoms with van der Waals surface area (Å²) >= 11 is 0. The monoisotopic (exact) mass is 450 g/mol. The molecule has 0 saturated heterocycles. The molecule has 0 aliphatic heterocycles. The Balaban J connectivity index is 0. The number of carbonyl (C=O) groups is 3. The molecule has 1 aromatic rings. The Morgan fingerprint density at radius 2 is 1.62 bits per heavy atom. The second-order valence-electron chi connectivity index (χ2n) is 7.30. The predicted octanol–water partition coefficient (Wildman–Crippen LogP) is 3.61. The summed E-state index contributed by atoms with van der Waals surface area (Å²) in [5, 5.41) is 5.83. The Kier molecular flexibility index (Phi) is 20.3. The van der Waals surface area contributed by atoms with E-state index in [2.05, 4.69) is 10.6 Å². The maximum absolute atomic E-state index is 12.5. The van der Waals surface area contributed by atoms with Gasteiger partial charge in [0.2, 0.25) is 18.2 Å². The quantitative estimate of drug-likeness (QED) is 0.423. The Morgan fingerprint density at radius 3 is 2.09 bits per heavy atom. The normalized spacial score (nSPS) is 12.5. The standard InChI is InChI=1S/C21H33N3O3.C2H7N.C2H6/c1-5-19(13-12-16(3)23-20(26)6-2)24(15-25)17(4)21(27)22-14-18-10-8-7-9-11-18;1-2-3;1-2/h7-11,15-17,19H,5-6,12-14H2,1-4H3,(H,22,27)(H,23,26);2-3H2,1H3;1-2H3/t16?,17-,19?;;/m0../s1. The van der Waals surface area contributed by atoms with Gasteiger partial charge < -0.3 is 21.3 Å². The molecule has 1 aromatic carbocycles. The molecule has 0 saturated carbocycles. The molecule has 0 aromatic heterocycles. The minimum Gasteiger partial charge on any atom is -0.354 e. The van der Waals surface area contributed by atoms with Crippen molar-refractivity contribution in [2.75, 3.05) is 6.54 Å². The summed E-state index contributed by atoms with van der Waals surface area (Å²) in [6.45, 7) is 14.6. The van der Waals surface area contributed by atoms with Gasteiger partial charge in [-0.1, -0.05) is 65.0 Å². The average molecular weight is 451 g/mol. The molecular weight excluding hydrogens is 404 g/mol. The van der Waals surface area contributed by atoms with Crippen LogP contribution in [0.1, 0.15) is 79.7 Å². The van der Waals surface area contributed by atoms with Crippen LogP contribution in [0.4, 0.5) is 0 Å². The van der Waals surface area contributed by atoms with Gasteiger partial charge in [0.1, 0.15) is 6.04 Å². The van der Waals surface area contributed by atoms with Gasteiger partial charge in [-0.25, -0.2) is 0 Å². The third-order valence-corrected chi connectivity index (χ3v) is 4.81. The third kappa shape index (κ3) is 13.8. The van der Waals surface area contributed by atoms with Crippen LogP contribution < -0.4 is 16.4 Å². The van der Waals surface area contributed by atoms with Crippen LogP contribution in [0.2, 0.25) is 0 Å². The molecule has 0 spiro atoms. The Hall–Kier alpha value is -2.41. The Labute approximate surface area is 195 Å². The highest BCUT2D eigenvalue weighted by molar-refractivity contribution is 5.83. The van der Waals surface area contributed by atoms with Crippen LogP contribution in [0.3, 0.4) is 0 Å². The van der Waals surface area contributed by atoms with E-state index in [4.69, 9.17) is 5.73 Å². The second-order valence-corrected chi connectivity index (χ2v) is 7.30. The van der Waals surface area contributed by atoms with Crippen molar-refractivity contribution >= 4 is 18.2 Å². The van der Waals surface area contributed by atoms with Gasteiger partial charge in [-0.05, 0) is 45.2 Å². The first-order valence-corrected chi connectivity index (χ1v) is 11.9. The van der Waals surface area contributed by atoms with Crippen LogP contribution in [-0.4, -0.2) is 47.8 Å². The molecule has 0 aliphatic rings. The molecular formula is C25H46N4O3. The molecule has 0 bridgehead atoms. The van der Waals surface area contributed by atoms with Crippen LogP contribution >= 0.6 is 0 Å². The van der Waals surface area contributed by atoms with Crippen LogP contribution in [0.5, 0.6) is 0 Å². The summed E-state index contributed by atoms with van der Waals surface area (Å²) < 4.78 is 0. The number of nitrogens with zero attached hydrogens (tertiary/aromatic N) is 1. The van der Waals surface area contributed by atoms with Crippen LogP contribution in [0.25, 0.3) is 0 Å². The van der Waals surface area contributed by atoms with E-state index in [0.717, 1.165) is 37.8 Å². The third-order valence-electron chi connectivity index (χ3n) is 4.81. The molecule has 1 rings (SSSR count). The van der Waals surface area contributed by atoms with E-state index in [-0.39, 0.29) is 23.9 Å². The number of hydrogen-bond donors (Lipinski definition) is 3. The van der Waals surface area contributed by atoms with E-state index in [0.29, 0.717) is 13.0 Å². The van der Waals surface area contributed by atoms with Crippen molar-refractivity contribution in [3.05, 3.63) is 35.9 Å². The number of hydrogen-bond acceptors (Lipinski definition) is 4. The summed E-state index contributed by atoms with van der Waals surface area (Å²) in [6, 6.07) is 9.13. The van der Waals surface area contributed by atoms with Gasteiger partial charge in [0.05, 0.1) is 0 Å². The van der Waals surface area contributed by atoms with Crippen molar-refractivity contribution in [1.29, 1.82) is 0 Å². The van der Waals surface area contributed by atoms with E-state index < -0.39 is 6.04 Å². The fourth-order valence-electron chi connectivity index (χ4n) is 3.02. The summed E-state index contributed by atoms with van der Waals surface area (Å²) in [5.41, 5.74) is 5.86. The number of nitrogens with two attached hydrogens (primary N) is 1. The first kappa shape index (κ1) is 31.8. The molecule has 0 radical (unpaired) electrons. The van der Waals surface area contributed by atoms with Crippen molar-refractivity contribution in [1.82, 2.24) is 15.5 Å². The summed E-state index contributed by atoms with van der Waals surface area (Å²) in [7, 11) is 0. The van der Waals surface area contributed by atoms with E-state index in [9.17, 15) is 14.4 Å². The second kappa shape index (κ2) is 20.5. The van der Waals surface area contributed by atoms with Crippen LogP contribution in [0.15, 0.2) is 30.3 Å². The van der Waals surface area contributed by atoms with E-state index >= 15 is 0 Å². The summed E-state index contributed by atoms with van der Waals surface area (Å²) in [4.78, 5) is 37.2. The molecule has 7 nitrogen and oxygen atoms in total. The molecule has 184 valence electrons. The Bertz CT molecular complexity index is 610. The molecule has 32 heavy (non-hydrogen) atoms. The van der Waals surface area contributed by atoms with E-state index in [1.165, 1.54) is 0 Å². The summed E-state index contributed by atoms with van der Waals surface area (Å²) in [5.74, 6) is -0.145. The van der Waals surface area contributed by atoms with Crippen molar-refractivity contribution in [2.24, 2.45) is 5.73 Å². The maximum atomic E-state index is 12.5. The molecule has 7 heteroatoms. The lowest BCUT2D eigenvalue weighted by Crippen LogP contribution is -2.49. The fourth-order valence-corrected chi connectivity index (χ4v) is 3.02. The minimum atomic E-state index is -0.545. The number of benzene rings is 1. The van der Waals surface area contributed by atoms with Gasteiger partial charge in [-0.15, -0.1) is 0 Å². The molecule has 3 atom stereocenters. The molecule has 0 fully saturated rings. The lowest BCUT2D eigenvalue weighted by Gasteiger charge is -2.33. The topological polar surface area (TPSA) is 105 Å².